The first-order valence-electron chi connectivity index (χ1n) is 5.91. The molecule has 0 fully saturated rings. The van der Waals surface area contributed by atoms with E-state index in [0.717, 1.165) is 18.5 Å². The molecule has 2 heteroatoms. The highest BCUT2D eigenvalue weighted by atomic mass is 14.9. The zero-order valence-corrected chi connectivity index (χ0v) is 9.75. The predicted octanol–water partition coefficient (Wildman–Crippen LogP) is 3.33. The summed E-state index contributed by atoms with van der Waals surface area (Å²) in [4.78, 5) is 4.53. The molecule has 0 aliphatic carbocycles. The highest BCUT2D eigenvalue weighted by Crippen LogP contribution is 2.33. The van der Waals surface area contributed by atoms with Gasteiger partial charge in [0.15, 0.2) is 0 Å². The fourth-order valence-electron chi connectivity index (χ4n) is 2.51. The van der Waals surface area contributed by atoms with Crippen LogP contribution in [-0.4, -0.2) is 11.5 Å². The van der Waals surface area contributed by atoms with Crippen LogP contribution in [0.1, 0.15) is 30.9 Å². The number of hydrogen-bond donors (Lipinski definition) is 1. The molecule has 0 radical (unpaired) electrons. The summed E-state index contributed by atoms with van der Waals surface area (Å²) >= 11 is 0. The molecule has 0 saturated carbocycles. The van der Waals surface area contributed by atoms with E-state index in [-0.39, 0.29) is 0 Å². The Balaban J connectivity index is 2.35. The van der Waals surface area contributed by atoms with Gasteiger partial charge in [-0.05, 0) is 29.5 Å². The monoisotopic (exact) mass is 212 g/mol. The van der Waals surface area contributed by atoms with Crippen LogP contribution >= 0.6 is 0 Å². The average molecular weight is 212 g/mol. The van der Waals surface area contributed by atoms with Gasteiger partial charge in [0.1, 0.15) is 0 Å². The van der Waals surface area contributed by atoms with E-state index in [1.54, 1.807) is 0 Å². The van der Waals surface area contributed by atoms with Crippen molar-refractivity contribution in [1.29, 1.82) is 0 Å². The molecule has 3 rings (SSSR count). The van der Waals surface area contributed by atoms with Crippen molar-refractivity contribution >= 4 is 16.6 Å². The lowest BCUT2D eigenvalue weighted by Gasteiger charge is -2.11. The van der Waals surface area contributed by atoms with Crippen LogP contribution in [0.3, 0.4) is 0 Å². The van der Waals surface area contributed by atoms with Crippen LogP contribution in [0.25, 0.3) is 10.9 Å². The summed E-state index contributed by atoms with van der Waals surface area (Å²) < 4.78 is 0. The molecule has 0 bridgehead atoms. The first-order chi connectivity index (χ1) is 7.77. The Kier molecular flexibility index (Phi) is 2.10. The quantitative estimate of drug-likeness (QED) is 0.784. The van der Waals surface area contributed by atoms with Gasteiger partial charge >= 0.3 is 0 Å². The SMILES string of the molecule is CC(C)c1ccnc2c3c(ccc12)CCN3. The lowest BCUT2D eigenvalue weighted by Crippen LogP contribution is -1.95. The molecular weight excluding hydrogens is 196 g/mol. The number of anilines is 1. The van der Waals surface area contributed by atoms with E-state index in [0.29, 0.717) is 5.92 Å². The van der Waals surface area contributed by atoms with Crippen LogP contribution < -0.4 is 5.32 Å². The molecule has 16 heavy (non-hydrogen) atoms. The molecule has 0 unspecified atom stereocenters. The zero-order chi connectivity index (χ0) is 11.1. The Morgan fingerprint density at radius 1 is 1.25 bits per heavy atom. The largest absolute Gasteiger partial charge is 0.383 e. The highest BCUT2D eigenvalue weighted by Gasteiger charge is 2.15. The number of pyridine rings is 1. The van der Waals surface area contributed by atoms with Crippen molar-refractivity contribution in [1.82, 2.24) is 4.98 Å². The van der Waals surface area contributed by atoms with Gasteiger partial charge in [0.25, 0.3) is 0 Å². The first-order valence-corrected chi connectivity index (χ1v) is 5.91. The Labute approximate surface area is 95.7 Å². The fourth-order valence-corrected chi connectivity index (χ4v) is 2.51. The normalized spacial score (nSPS) is 14.2. The van der Waals surface area contributed by atoms with Crippen LogP contribution in [0.15, 0.2) is 24.4 Å². The summed E-state index contributed by atoms with van der Waals surface area (Å²) in [6, 6.07) is 6.60. The average Bonchev–Trinajstić information content (AvgIpc) is 2.76. The molecule has 1 aliphatic rings. The second-order valence-corrected chi connectivity index (χ2v) is 4.73. The summed E-state index contributed by atoms with van der Waals surface area (Å²) in [5, 5.41) is 4.74. The molecule has 2 aromatic rings. The predicted molar refractivity (Wildman–Crippen MR) is 68.0 cm³/mol. The smallest absolute Gasteiger partial charge is 0.0938 e. The third-order valence-corrected chi connectivity index (χ3v) is 3.35. The molecule has 1 aromatic heterocycles. The third-order valence-electron chi connectivity index (χ3n) is 3.35. The topological polar surface area (TPSA) is 24.9 Å². The van der Waals surface area contributed by atoms with Crippen molar-refractivity contribution in [2.45, 2.75) is 26.2 Å². The molecule has 2 heterocycles. The van der Waals surface area contributed by atoms with Crippen molar-refractivity contribution in [3.05, 3.63) is 35.5 Å². The standard InChI is InChI=1S/C14H16N2/c1-9(2)11-6-8-16-14-12(11)4-3-10-5-7-15-13(10)14/h3-4,6,8-9,15H,5,7H2,1-2H3. The maximum Gasteiger partial charge on any atom is 0.0938 e. The molecule has 1 N–H and O–H groups in total. The van der Waals surface area contributed by atoms with Gasteiger partial charge in [0.2, 0.25) is 0 Å². The summed E-state index contributed by atoms with van der Waals surface area (Å²) in [5.74, 6) is 0.546. The van der Waals surface area contributed by atoms with Gasteiger partial charge in [-0.3, -0.25) is 4.98 Å². The summed E-state index contributed by atoms with van der Waals surface area (Å²) in [6.07, 6.45) is 3.05. The van der Waals surface area contributed by atoms with E-state index in [4.69, 9.17) is 0 Å². The van der Waals surface area contributed by atoms with E-state index in [1.165, 1.54) is 22.2 Å². The van der Waals surface area contributed by atoms with Crippen LogP contribution in [0, 0.1) is 0 Å². The lowest BCUT2D eigenvalue weighted by atomic mass is 9.97. The molecular formula is C14H16N2. The number of hydrogen-bond acceptors (Lipinski definition) is 2. The summed E-state index contributed by atoms with van der Waals surface area (Å²) in [6.45, 7) is 5.51. The van der Waals surface area contributed by atoms with Crippen molar-refractivity contribution in [2.75, 3.05) is 11.9 Å². The minimum Gasteiger partial charge on any atom is -0.383 e. The third kappa shape index (κ3) is 1.29. The first kappa shape index (κ1) is 9.64. The molecule has 2 nitrogen and oxygen atoms in total. The number of rotatable bonds is 1. The van der Waals surface area contributed by atoms with Crippen molar-refractivity contribution in [3.8, 4) is 0 Å². The number of benzene rings is 1. The fraction of sp³-hybridized carbons (Fsp3) is 0.357. The minimum atomic E-state index is 0.546. The Morgan fingerprint density at radius 2 is 2.12 bits per heavy atom. The van der Waals surface area contributed by atoms with Crippen molar-refractivity contribution in [3.63, 3.8) is 0 Å². The van der Waals surface area contributed by atoms with E-state index in [2.05, 4.69) is 42.3 Å². The molecule has 0 spiro atoms. The van der Waals surface area contributed by atoms with Crippen molar-refractivity contribution in [2.24, 2.45) is 0 Å². The number of nitrogens with one attached hydrogen (secondary N) is 1. The second-order valence-electron chi connectivity index (χ2n) is 4.73. The number of aromatic nitrogens is 1. The van der Waals surface area contributed by atoms with Gasteiger partial charge in [-0.2, -0.15) is 0 Å². The maximum absolute atomic E-state index is 4.53. The number of nitrogens with zero attached hydrogens (tertiary/aromatic N) is 1. The van der Waals surface area contributed by atoms with Gasteiger partial charge in [-0.25, -0.2) is 0 Å². The second kappa shape index (κ2) is 3.48. The van der Waals surface area contributed by atoms with Crippen LogP contribution in [0.4, 0.5) is 5.69 Å². The van der Waals surface area contributed by atoms with Gasteiger partial charge in [0, 0.05) is 18.1 Å². The van der Waals surface area contributed by atoms with E-state index in [1.807, 2.05) is 6.20 Å². The molecule has 0 saturated heterocycles. The lowest BCUT2D eigenvalue weighted by molar-refractivity contribution is 0.874. The van der Waals surface area contributed by atoms with Crippen LogP contribution in [0.5, 0.6) is 0 Å². The van der Waals surface area contributed by atoms with Crippen LogP contribution in [0.2, 0.25) is 0 Å². The molecule has 1 aliphatic heterocycles. The van der Waals surface area contributed by atoms with E-state index in [9.17, 15) is 0 Å². The zero-order valence-electron chi connectivity index (χ0n) is 9.75. The maximum atomic E-state index is 4.53. The Morgan fingerprint density at radius 3 is 2.94 bits per heavy atom. The molecule has 0 atom stereocenters. The van der Waals surface area contributed by atoms with Gasteiger partial charge in [-0.15, -0.1) is 0 Å². The molecule has 0 amide bonds. The van der Waals surface area contributed by atoms with Crippen molar-refractivity contribution < 1.29 is 0 Å². The van der Waals surface area contributed by atoms with Gasteiger partial charge in [0.05, 0.1) is 11.2 Å². The van der Waals surface area contributed by atoms with Crippen LogP contribution in [-0.2, 0) is 6.42 Å². The molecule has 1 aromatic carbocycles. The minimum absolute atomic E-state index is 0.546. The van der Waals surface area contributed by atoms with E-state index < -0.39 is 0 Å². The Bertz CT molecular complexity index is 544. The highest BCUT2D eigenvalue weighted by molar-refractivity contribution is 5.95. The van der Waals surface area contributed by atoms with Gasteiger partial charge < -0.3 is 5.32 Å². The van der Waals surface area contributed by atoms with Gasteiger partial charge in [-0.1, -0.05) is 26.0 Å². The molecule has 82 valence electrons. The number of fused-ring (bicyclic) bond motifs is 3. The summed E-state index contributed by atoms with van der Waals surface area (Å²) in [7, 11) is 0. The summed E-state index contributed by atoms with van der Waals surface area (Å²) in [5.41, 5.74) is 5.18. The Hall–Kier alpha value is -1.57. The van der Waals surface area contributed by atoms with E-state index >= 15 is 0 Å².